The Morgan fingerprint density at radius 2 is 2.06 bits per heavy atom. The van der Waals surface area contributed by atoms with Crippen molar-refractivity contribution in [2.45, 2.75) is 64.5 Å². The fraction of sp³-hybridized carbons (Fsp3) is 0.846. The Balaban J connectivity index is 2.64. The van der Waals surface area contributed by atoms with Crippen molar-refractivity contribution in [3.8, 4) is 0 Å². The maximum absolute atomic E-state index is 11.7. The lowest BCUT2D eigenvalue weighted by Crippen LogP contribution is -2.54. The minimum Gasteiger partial charge on any atom is -0.444 e. The molecule has 1 aliphatic carbocycles. The van der Waals surface area contributed by atoms with Gasteiger partial charge in [0.05, 0.1) is 0 Å². The van der Waals surface area contributed by atoms with Crippen LogP contribution in [0.5, 0.6) is 0 Å². The van der Waals surface area contributed by atoms with Gasteiger partial charge in [-0.15, -0.1) is 0 Å². The van der Waals surface area contributed by atoms with Gasteiger partial charge in [-0.3, -0.25) is 0 Å². The van der Waals surface area contributed by atoms with Crippen molar-refractivity contribution >= 4 is 12.4 Å². The molecule has 0 bridgehead atoms. The molecule has 1 N–H and O–H groups in total. The van der Waals surface area contributed by atoms with E-state index in [-0.39, 0.29) is 5.92 Å². The molecule has 4 heteroatoms. The summed E-state index contributed by atoms with van der Waals surface area (Å²) < 4.78 is 5.23. The molecule has 0 heterocycles. The summed E-state index contributed by atoms with van der Waals surface area (Å²) in [5.74, 6) is -0.108. The molecule has 0 saturated heterocycles. The Morgan fingerprint density at radius 3 is 2.59 bits per heavy atom. The third-order valence-corrected chi connectivity index (χ3v) is 3.23. The van der Waals surface area contributed by atoms with Gasteiger partial charge in [0.15, 0.2) is 0 Å². The lowest BCUT2D eigenvalue weighted by molar-refractivity contribution is -0.114. The normalized spacial score (nSPS) is 29.5. The molecule has 1 rings (SSSR count). The van der Waals surface area contributed by atoms with E-state index in [9.17, 15) is 9.59 Å². The predicted molar refractivity (Wildman–Crippen MR) is 65.8 cm³/mol. The molecule has 0 aliphatic heterocycles. The van der Waals surface area contributed by atoms with Crippen LogP contribution in [0.4, 0.5) is 4.79 Å². The largest absolute Gasteiger partial charge is 0.444 e. The van der Waals surface area contributed by atoms with Gasteiger partial charge >= 0.3 is 6.09 Å². The van der Waals surface area contributed by atoms with E-state index in [0.717, 1.165) is 32.0 Å². The second kappa shape index (κ2) is 5.07. The molecule has 0 aromatic heterocycles. The van der Waals surface area contributed by atoms with Gasteiger partial charge in [0.2, 0.25) is 0 Å². The van der Waals surface area contributed by atoms with E-state index >= 15 is 0 Å². The number of alkyl carbamates (subject to hydrolysis) is 1. The topological polar surface area (TPSA) is 55.4 Å². The Bertz CT molecular complexity index is 296. The SMILES string of the molecule is CC(C)(C)OC(=O)N[C@@]1(C)CCCC[C@H]1C=O. The van der Waals surface area contributed by atoms with Gasteiger partial charge in [0, 0.05) is 11.5 Å². The number of carbonyl (C=O) groups excluding carboxylic acids is 2. The Kier molecular flexibility index (Phi) is 4.17. The molecule has 0 unspecified atom stereocenters. The summed E-state index contributed by atoms with van der Waals surface area (Å²) in [4.78, 5) is 22.8. The molecule has 2 atom stereocenters. The van der Waals surface area contributed by atoms with Crippen LogP contribution >= 0.6 is 0 Å². The van der Waals surface area contributed by atoms with Crippen molar-refractivity contribution in [1.29, 1.82) is 0 Å². The monoisotopic (exact) mass is 241 g/mol. The maximum Gasteiger partial charge on any atom is 0.408 e. The van der Waals surface area contributed by atoms with Crippen molar-refractivity contribution in [3.05, 3.63) is 0 Å². The fourth-order valence-corrected chi connectivity index (χ4v) is 2.27. The molecule has 0 aromatic rings. The Morgan fingerprint density at radius 1 is 1.41 bits per heavy atom. The zero-order valence-corrected chi connectivity index (χ0v) is 11.2. The molecule has 1 amide bonds. The summed E-state index contributed by atoms with van der Waals surface area (Å²) >= 11 is 0. The van der Waals surface area contributed by atoms with E-state index in [0.29, 0.717) is 0 Å². The first-order valence-electron chi connectivity index (χ1n) is 6.23. The van der Waals surface area contributed by atoms with Crippen LogP contribution in [0.2, 0.25) is 0 Å². The molecular formula is C13H23NO3. The number of nitrogens with one attached hydrogen (secondary N) is 1. The fourth-order valence-electron chi connectivity index (χ4n) is 2.27. The molecule has 4 nitrogen and oxygen atoms in total. The average Bonchev–Trinajstić information content (AvgIpc) is 2.14. The van der Waals surface area contributed by atoms with Gasteiger partial charge in [0.25, 0.3) is 0 Å². The van der Waals surface area contributed by atoms with Gasteiger partial charge in [-0.25, -0.2) is 4.79 Å². The van der Waals surface area contributed by atoms with Crippen LogP contribution in [0, 0.1) is 5.92 Å². The Hall–Kier alpha value is -1.06. The summed E-state index contributed by atoms with van der Waals surface area (Å²) in [5.41, 5.74) is -0.964. The molecule has 1 aliphatic rings. The van der Waals surface area contributed by atoms with Gasteiger partial charge in [-0.1, -0.05) is 12.8 Å². The number of amides is 1. The smallest absolute Gasteiger partial charge is 0.408 e. The standard InChI is InChI=1S/C13H23NO3/c1-12(2,3)17-11(16)14-13(4)8-6-5-7-10(13)9-15/h9-10H,5-8H2,1-4H3,(H,14,16)/t10-,13-/m0/s1. The first-order valence-corrected chi connectivity index (χ1v) is 6.23. The van der Waals surface area contributed by atoms with E-state index in [1.54, 1.807) is 0 Å². The number of ether oxygens (including phenoxy) is 1. The first-order chi connectivity index (χ1) is 7.77. The maximum atomic E-state index is 11.7. The van der Waals surface area contributed by atoms with Crippen molar-refractivity contribution < 1.29 is 14.3 Å². The van der Waals surface area contributed by atoms with Crippen LogP contribution in [0.15, 0.2) is 0 Å². The van der Waals surface area contributed by atoms with Crippen LogP contribution in [0.25, 0.3) is 0 Å². The van der Waals surface area contributed by atoms with E-state index in [1.165, 1.54) is 0 Å². The minimum atomic E-state index is -0.508. The molecule has 98 valence electrons. The van der Waals surface area contributed by atoms with Gasteiger partial charge in [-0.2, -0.15) is 0 Å². The number of hydrogen-bond donors (Lipinski definition) is 1. The molecule has 1 saturated carbocycles. The van der Waals surface area contributed by atoms with E-state index in [4.69, 9.17) is 4.74 Å². The highest BCUT2D eigenvalue weighted by Crippen LogP contribution is 2.32. The zero-order valence-electron chi connectivity index (χ0n) is 11.2. The van der Waals surface area contributed by atoms with Crippen molar-refractivity contribution in [2.75, 3.05) is 0 Å². The van der Waals surface area contributed by atoms with Crippen molar-refractivity contribution in [2.24, 2.45) is 5.92 Å². The molecular weight excluding hydrogens is 218 g/mol. The molecule has 0 radical (unpaired) electrons. The highest BCUT2D eigenvalue weighted by atomic mass is 16.6. The average molecular weight is 241 g/mol. The highest BCUT2D eigenvalue weighted by molar-refractivity contribution is 5.70. The van der Waals surface area contributed by atoms with E-state index in [1.807, 2.05) is 27.7 Å². The Labute approximate surface area is 103 Å². The zero-order chi connectivity index (χ0) is 13.1. The minimum absolute atomic E-state index is 0.108. The van der Waals surface area contributed by atoms with Gasteiger partial charge in [-0.05, 0) is 40.5 Å². The summed E-state index contributed by atoms with van der Waals surface area (Å²) in [5, 5.41) is 2.86. The van der Waals surface area contributed by atoms with Gasteiger partial charge in [0.1, 0.15) is 11.9 Å². The second-order valence-corrected chi connectivity index (χ2v) is 6.03. The lowest BCUT2D eigenvalue weighted by Gasteiger charge is -2.39. The molecule has 0 aromatic carbocycles. The second-order valence-electron chi connectivity index (χ2n) is 6.03. The lowest BCUT2D eigenvalue weighted by atomic mass is 9.75. The van der Waals surface area contributed by atoms with Crippen molar-refractivity contribution in [1.82, 2.24) is 5.32 Å². The third kappa shape index (κ3) is 4.02. The van der Waals surface area contributed by atoms with Crippen LogP contribution < -0.4 is 5.32 Å². The summed E-state index contributed by atoms with van der Waals surface area (Å²) in [6.45, 7) is 7.40. The van der Waals surface area contributed by atoms with Crippen LogP contribution in [-0.4, -0.2) is 23.5 Å². The summed E-state index contributed by atoms with van der Waals surface area (Å²) in [6.07, 6.45) is 4.28. The number of aldehydes is 1. The van der Waals surface area contributed by atoms with Crippen LogP contribution in [0.1, 0.15) is 53.4 Å². The quantitative estimate of drug-likeness (QED) is 0.756. The number of carbonyl (C=O) groups is 2. The number of hydrogen-bond acceptors (Lipinski definition) is 3. The van der Waals surface area contributed by atoms with E-state index < -0.39 is 17.2 Å². The molecule has 17 heavy (non-hydrogen) atoms. The summed E-state index contributed by atoms with van der Waals surface area (Å²) in [6, 6.07) is 0. The molecule has 0 spiro atoms. The molecule has 1 fully saturated rings. The predicted octanol–water partition coefficient (Wildman–Crippen LogP) is 2.66. The number of rotatable bonds is 2. The van der Waals surface area contributed by atoms with Gasteiger partial charge < -0.3 is 14.8 Å². The summed E-state index contributed by atoms with van der Waals surface area (Å²) in [7, 11) is 0. The van der Waals surface area contributed by atoms with Crippen molar-refractivity contribution in [3.63, 3.8) is 0 Å². The van der Waals surface area contributed by atoms with E-state index in [2.05, 4.69) is 5.32 Å². The highest BCUT2D eigenvalue weighted by Gasteiger charge is 2.38. The first kappa shape index (κ1) is 14.0. The van der Waals surface area contributed by atoms with Crippen LogP contribution in [-0.2, 0) is 9.53 Å². The third-order valence-electron chi connectivity index (χ3n) is 3.23. The van der Waals surface area contributed by atoms with Crippen LogP contribution in [0.3, 0.4) is 0 Å².